The number of hydrogen-bond donors (Lipinski definition) is 1. The third kappa shape index (κ3) is 1.73. The fraction of sp³-hybridized carbons (Fsp3) is 0.455. The van der Waals surface area contributed by atoms with E-state index in [0.717, 1.165) is 24.3 Å². The fourth-order valence-corrected chi connectivity index (χ4v) is 1.83. The van der Waals surface area contributed by atoms with Crippen molar-refractivity contribution in [1.29, 1.82) is 0 Å². The van der Waals surface area contributed by atoms with E-state index < -0.39 is 6.30 Å². The average Bonchev–Trinajstić information content (AvgIpc) is 2.20. The molecular formula is C11H15FN2. The molecular weight excluding hydrogens is 179 g/mol. The summed E-state index contributed by atoms with van der Waals surface area (Å²) in [5.74, 6) is 0. The van der Waals surface area contributed by atoms with Gasteiger partial charge in [-0.05, 0) is 18.6 Å². The van der Waals surface area contributed by atoms with Crippen LogP contribution in [0.25, 0.3) is 0 Å². The quantitative estimate of drug-likeness (QED) is 0.684. The molecule has 0 radical (unpaired) electrons. The van der Waals surface area contributed by atoms with Gasteiger partial charge in [0.15, 0.2) is 6.30 Å². The van der Waals surface area contributed by atoms with Gasteiger partial charge in [0.1, 0.15) is 0 Å². The van der Waals surface area contributed by atoms with E-state index in [1.807, 2.05) is 36.1 Å². The van der Waals surface area contributed by atoms with Crippen LogP contribution in [0.4, 0.5) is 10.1 Å². The number of nitrogens with zero attached hydrogens (tertiary/aromatic N) is 1. The van der Waals surface area contributed by atoms with Gasteiger partial charge >= 0.3 is 0 Å². The Hall–Kier alpha value is -1.09. The summed E-state index contributed by atoms with van der Waals surface area (Å²) in [6.07, 6.45) is -0.898. The van der Waals surface area contributed by atoms with Gasteiger partial charge in [-0.1, -0.05) is 18.2 Å². The molecule has 14 heavy (non-hydrogen) atoms. The zero-order valence-electron chi connectivity index (χ0n) is 8.33. The number of piperazine rings is 1. The second-order valence-electron chi connectivity index (χ2n) is 3.62. The van der Waals surface area contributed by atoms with E-state index in [4.69, 9.17) is 0 Å². The predicted molar refractivity (Wildman–Crippen MR) is 56.3 cm³/mol. The minimum atomic E-state index is -0.898. The molecule has 1 aliphatic rings. The molecule has 0 bridgehead atoms. The molecule has 1 heterocycles. The molecule has 1 aromatic rings. The van der Waals surface area contributed by atoms with Crippen LogP contribution in [-0.2, 0) is 0 Å². The van der Waals surface area contributed by atoms with Gasteiger partial charge < -0.3 is 10.2 Å². The molecule has 76 valence electrons. The standard InChI is InChI=1S/C11H15FN2/c1-9-4-2-3-5-10(9)14-7-6-13-8-11(14)12/h2-5,11,13H,6-8H2,1H3. The highest BCUT2D eigenvalue weighted by molar-refractivity contribution is 5.53. The first-order valence-electron chi connectivity index (χ1n) is 4.96. The SMILES string of the molecule is Cc1ccccc1N1CCNCC1F. The lowest BCUT2D eigenvalue weighted by Gasteiger charge is -2.33. The lowest BCUT2D eigenvalue weighted by molar-refractivity contribution is 0.280. The average molecular weight is 194 g/mol. The normalized spacial score (nSPS) is 22.4. The fourth-order valence-electron chi connectivity index (χ4n) is 1.83. The van der Waals surface area contributed by atoms with Crippen molar-refractivity contribution in [2.75, 3.05) is 24.5 Å². The summed E-state index contributed by atoms with van der Waals surface area (Å²) in [5, 5.41) is 3.04. The Morgan fingerprint density at radius 1 is 1.43 bits per heavy atom. The number of alkyl halides is 1. The van der Waals surface area contributed by atoms with Crippen LogP contribution in [0.15, 0.2) is 24.3 Å². The third-order valence-corrected chi connectivity index (χ3v) is 2.61. The van der Waals surface area contributed by atoms with Crippen LogP contribution < -0.4 is 10.2 Å². The molecule has 3 heteroatoms. The van der Waals surface area contributed by atoms with Crippen molar-refractivity contribution < 1.29 is 4.39 Å². The second-order valence-corrected chi connectivity index (χ2v) is 3.62. The molecule has 1 unspecified atom stereocenters. The molecule has 1 saturated heterocycles. The summed E-state index contributed by atoms with van der Waals surface area (Å²) >= 11 is 0. The first kappa shape index (κ1) is 9.46. The smallest absolute Gasteiger partial charge is 0.185 e. The van der Waals surface area contributed by atoms with Crippen molar-refractivity contribution in [3.05, 3.63) is 29.8 Å². The van der Waals surface area contributed by atoms with Crippen molar-refractivity contribution in [1.82, 2.24) is 5.32 Å². The third-order valence-electron chi connectivity index (χ3n) is 2.61. The van der Waals surface area contributed by atoms with E-state index in [9.17, 15) is 4.39 Å². The van der Waals surface area contributed by atoms with Crippen LogP contribution in [0.2, 0.25) is 0 Å². The van der Waals surface area contributed by atoms with Crippen LogP contribution in [0.5, 0.6) is 0 Å². The Morgan fingerprint density at radius 2 is 2.21 bits per heavy atom. The molecule has 0 amide bonds. The maximum atomic E-state index is 13.6. The van der Waals surface area contributed by atoms with Gasteiger partial charge in [-0.2, -0.15) is 0 Å². The molecule has 0 saturated carbocycles. The topological polar surface area (TPSA) is 15.3 Å². The van der Waals surface area contributed by atoms with Crippen molar-refractivity contribution in [3.63, 3.8) is 0 Å². The molecule has 0 spiro atoms. The van der Waals surface area contributed by atoms with Gasteiger partial charge in [-0.25, -0.2) is 4.39 Å². The Morgan fingerprint density at radius 3 is 2.93 bits per heavy atom. The molecule has 1 atom stereocenters. The molecule has 0 aromatic heterocycles. The maximum absolute atomic E-state index is 13.6. The minimum Gasteiger partial charge on any atom is -0.339 e. The molecule has 1 aromatic carbocycles. The molecule has 0 aliphatic carbocycles. The van der Waals surface area contributed by atoms with E-state index in [0.29, 0.717) is 6.54 Å². The van der Waals surface area contributed by atoms with Gasteiger partial charge in [-0.15, -0.1) is 0 Å². The zero-order valence-corrected chi connectivity index (χ0v) is 8.33. The summed E-state index contributed by atoms with van der Waals surface area (Å²) in [5.41, 5.74) is 2.15. The Balaban J connectivity index is 2.25. The number of hydrogen-bond acceptors (Lipinski definition) is 2. The van der Waals surface area contributed by atoms with Gasteiger partial charge in [-0.3, -0.25) is 0 Å². The molecule has 1 aliphatic heterocycles. The highest BCUT2D eigenvalue weighted by Gasteiger charge is 2.22. The van der Waals surface area contributed by atoms with Crippen LogP contribution in [0.1, 0.15) is 5.56 Å². The summed E-state index contributed by atoms with van der Waals surface area (Å²) in [7, 11) is 0. The molecule has 1 fully saturated rings. The lowest BCUT2D eigenvalue weighted by Crippen LogP contribution is -2.49. The van der Waals surface area contributed by atoms with Crippen molar-refractivity contribution in [3.8, 4) is 0 Å². The first-order valence-corrected chi connectivity index (χ1v) is 4.96. The lowest BCUT2D eigenvalue weighted by atomic mass is 10.1. The van der Waals surface area contributed by atoms with Crippen LogP contribution in [-0.4, -0.2) is 25.9 Å². The number of benzene rings is 1. The van der Waals surface area contributed by atoms with Crippen molar-refractivity contribution in [2.45, 2.75) is 13.2 Å². The Labute approximate surface area is 83.7 Å². The van der Waals surface area contributed by atoms with Gasteiger partial charge in [0.05, 0.1) is 0 Å². The number of nitrogens with one attached hydrogen (secondary N) is 1. The van der Waals surface area contributed by atoms with E-state index in [-0.39, 0.29) is 0 Å². The molecule has 2 nitrogen and oxygen atoms in total. The number of para-hydroxylation sites is 1. The van der Waals surface area contributed by atoms with Gasteiger partial charge in [0.2, 0.25) is 0 Å². The zero-order chi connectivity index (χ0) is 9.97. The number of halogens is 1. The minimum absolute atomic E-state index is 0.425. The maximum Gasteiger partial charge on any atom is 0.185 e. The van der Waals surface area contributed by atoms with E-state index in [1.165, 1.54) is 0 Å². The Kier molecular flexibility index (Phi) is 2.68. The van der Waals surface area contributed by atoms with Gasteiger partial charge in [0, 0.05) is 25.3 Å². The van der Waals surface area contributed by atoms with Gasteiger partial charge in [0.25, 0.3) is 0 Å². The highest BCUT2D eigenvalue weighted by Crippen LogP contribution is 2.22. The van der Waals surface area contributed by atoms with E-state index in [1.54, 1.807) is 0 Å². The van der Waals surface area contributed by atoms with Crippen LogP contribution >= 0.6 is 0 Å². The summed E-state index contributed by atoms with van der Waals surface area (Å²) in [6.45, 7) is 4.04. The van der Waals surface area contributed by atoms with Crippen molar-refractivity contribution in [2.24, 2.45) is 0 Å². The van der Waals surface area contributed by atoms with E-state index in [2.05, 4.69) is 5.32 Å². The summed E-state index contributed by atoms with van der Waals surface area (Å²) in [6, 6.07) is 7.93. The van der Waals surface area contributed by atoms with Crippen LogP contribution in [0, 0.1) is 6.92 Å². The van der Waals surface area contributed by atoms with Crippen molar-refractivity contribution >= 4 is 5.69 Å². The molecule has 1 N–H and O–H groups in total. The number of aryl methyl sites for hydroxylation is 1. The summed E-state index contributed by atoms with van der Waals surface area (Å²) < 4.78 is 13.6. The number of rotatable bonds is 1. The first-order chi connectivity index (χ1) is 6.79. The second kappa shape index (κ2) is 3.96. The molecule has 2 rings (SSSR count). The highest BCUT2D eigenvalue weighted by atomic mass is 19.1. The monoisotopic (exact) mass is 194 g/mol. The van der Waals surface area contributed by atoms with Crippen LogP contribution in [0.3, 0.4) is 0 Å². The summed E-state index contributed by atoms with van der Waals surface area (Å²) in [4.78, 5) is 1.83. The predicted octanol–water partition coefficient (Wildman–Crippen LogP) is 1.70. The Bertz CT molecular complexity index is 314. The van der Waals surface area contributed by atoms with E-state index >= 15 is 0 Å². The number of anilines is 1. The largest absolute Gasteiger partial charge is 0.339 e.